The molecule has 0 saturated heterocycles. The summed E-state index contributed by atoms with van der Waals surface area (Å²) in [5.74, 6) is 0.447. The normalized spacial score (nSPS) is 17.3. The van der Waals surface area contributed by atoms with Gasteiger partial charge in [-0.25, -0.2) is 8.42 Å². The maximum absolute atomic E-state index is 13.3. The molecule has 0 saturated carbocycles. The largest absolute Gasteiger partial charge is 0.486 e. The molecule has 0 fully saturated rings. The van der Waals surface area contributed by atoms with Gasteiger partial charge in [0, 0.05) is 28.5 Å². The molecular formula is C17H13BrClNO5S. The van der Waals surface area contributed by atoms with Gasteiger partial charge in [0.2, 0.25) is 0 Å². The Bertz CT molecular complexity index is 1020. The van der Waals surface area contributed by atoms with Gasteiger partial charge in [0.05, 0.1) is 11.3 Å². The number of carbonyl (C=O) groups excluding carboxylic acids is 1. The lowest BCUT2D eigenvalue weighted by Crippen LogP contribution is -2.33. The summed E-state index contributed by atoms with van der Waals surface area (Å²) in [6, 6.07) is 7.35. The molecule has 2 aromatic rings. The first-order chi connectivity index (χ1) is 12.4. The van der Waals surface area contributed by atoms with E-state index in [-0.39, 0.29) is 33.3 Å². The van der Waals surface area contributed by atoms with Crippen LogP contribution in [-0.2, 0) is 10.0 Å². The van der Waals surface area contributed by atoms with Crippen molar-refractivity contribution in [2.45, 2.75) is 4.90 Å². The number of ether oxygens (including phenoxy) is 2. The smallest absolute Gasteiger partial charge is 0.265 e. The molecule has 2 aliphatic rings. The number of halogens is 2. The molecule has 0 aliphatic carbocycles. The molecule has 9 heteroatoms. The topological polar surface area (TPSA) is 72.9 Å². The number of anilines is 1. The Hall–Kier alpha value is -1.77. The zero-order chi connectivity index (χ0) is 18.5. The number of alkyl halides is 1. The van der Waals surface area contributed by atoms with Crippen LogP contribution < -0.4 is 13.8 Å². The zero-order valence-electron chi connectivity index (χ0n) is 13.4. The molecule has 0 aromatic heterocycles. The van der Waals surface area contributed by atoms with Gasteiger partial charge in [-0.1, -0.05) is 27.5 Å². The van der Waals surface area contributed by atoms with E-state index in [2.05, 4.69) is 15.9 Å². The lowest BCUT2D eigenvalue weighted by atomic mass is 10.0. The maximum Gasteiger partial charge on any atom is 0.265 e. The SMILES string of the molecule is O=C1c2cc3c(cc2N(CCBr)S(=O)(=O)c2cc(Cl)ccc21)OCCO3. The molecule has 2 heterocycles. The number of nitrogens with zero attached hydrogens (tertiary/aromatic N) is 1. The van der Waals surface area contributed by atoms with Crippen LogP contribution in [0.5, 0.6) is 11.5 Å². The highest BCUT2D eigenvalue weighted by molar-refractivity contribution is 9.09. The highest BCUT2D eigenvalue weighted by atomic mass is 79.9. The fraction of sp³-hybridized carbons (Fsp3) is 0.235. The fourth-order valence-corrected chi connectivity index (χ4v) is 5.59. The molecule has 6 nitrogen and oxygen atoms in total. The number of fused-ring (bicyclic) bond motifs is 3. The first-order valence-corrected chi connectivity index (χ1v) is 10.7. The minimum absolute atomic E-state index is 0.0874. The maximum atomic E-state index is 13.3. The Balaban J connectivity index is 2.05. The monoisotopic (exact) mass is 457 g/mol. The van der Waals surface area contributed by atoms with Gasteiger partial charge in [-0.2, -0.15) is 0 Å². The Morgan fingerprint density at radius 1 is 1.08 bits per heavy atom. The summed E-state index contributed by atoms with van der Waals surface area (Å²) in [5, 5.41) is 0.639. The third kappa shape index (κ3) is 2.67. The molecule has 0 atom stereocenters. The highest BCUT2D eigenvalue weighted by Crippen LogP contribution is 2.42. The van der Waals surface area contributed by atoms with E-state index < -0.39 is 15.8 Å². The summed E-state index contributed by atoms with van der Waals surface area (Å²) >= 11 is 9.29. The molecule has 0 bridgehead atoms. The minimum Gasteiger partial charge on any atom is -0.486 e. The summed E-state index contributed by atoms with van der Waals surface area (Å²) in [5.41, 5.74) is 0.607. The second kappa shape index (κ2) is 6.44. The number of hydrogen-bond donors (Lipinski definition) is 0. The number of rotatable bonds is 2. The lowest BCUT2D eigenvalue weighted by Gasteiger charge is -2.26. The first-order valence-electron chi connectivity index (χ1n) is 7.80. The molecule has 0 radical (unpaired) electrons. The average Bonchev–Trinajstić information content (AvgIpc) is 2.69. The van der Waals surface area contributed by atoms with Crippen molar-refractivity contribution in [1.82, 2.24) is 0 Å². The first kappa shape index (κ1) is 17.6. The number of benzene rings is 2. The summed E-state index contributed by atoms with van der Waals surface area (Å²) in [4.78, 5) is 13.0. The molecule has 2 aromatic carbocycles. The van der Waals surface area contributed by atoms with Gasteiger partial charge in [-0.15, -0.1) is 0 Å². The van der Waals surface area contributed by atoms with Gasteiger partial charge in [0.25, 0.3) is 10.0 Å². The van der Waals surface area contributed by atoms with Crippen LogP contribution in [0.1, 0.15) is 15.9 Å². The molecule has 0 N–H and O–H groups in total. The average molecular weight is 459 g/mol. The van der Waals surface area contributed by atoms with Crippen LogP contribution in [0, 0.1) is 0 Å². The van der Waals surface area contributed by atoms with E-state index in [9.17, 15) is 13.2 Å². The van der Waals surface area contributed by atoms with Gasteiger partial charge in [-0.05, 0) is 24.3 Å². The zero-order valence-corrected chi connectivity index (χ0v) is 16.5. The van der Waals surface area contributed by atoms with Gasteiger partial charge < -0.3 is 9.47 Å². The van der Waals surface area contributed by atoms with E-state index in [1.165, 1.54) is 22.5 Å². The standard InChI is InChI=1S/C17H13BrClNO5S/c18-3-4-20-13-9-15-14(24-5-6-25-15)8-12(13)17(21)11-2-1-10(19)7-16(11)26(20,22)23/h1-2,7-9H,3-6H2. The van der Waals surface area contributed by atoms with Crippen molar-refractivity contribution in [2.75, 3.05) is 29.4 Å². The molecule has 0 amide bonds. The summed E-state index contributed by atoms with van der Waals surface area (Å²) in [6.07, 6.45) is 0. The van der Waals surface area contributed by atoms with Crippen molar-refractivity contribution >= 4 is 49.0 Å². The van der Waals surface area contributed by atoms with E-state index >= 15 is 0 Å². The molecule has 0 unspecified atom stereocenters. The van der Waals surface area contributed by atoms with E-state index in [0.717, 1.165) is 0 Å². The molecule has 136 valence electrons. The Kier molecular flexibility index (Phi) is 4.37. The van der Waals surface area contributed by atoms with Gasteiger partial charge in [-0.3, -0.25) is 9.10 Å². The van der Waals surface area contributed by atoms with Crippen molar-refractivity contribution < 1.29 is 22.7 Å². The quantitative estimate of drug-likeness (QED) is 0.646. The van der Waals surface area contributed by atoms with E-state index in [1.807, 2.05) is 0 Å². The van der Waals surface area contributed by atoms with Crippen molar-refractivity contribution in [3.05, 3.63) is 46.5 Å². The predicted octanol–water partition coefficient (Wildman–Crippen LogP) is 3.25. The summed E-state index contributed by atoms with van der Waals surface area (Å²) in [6.45, 7) is 0.880. The van der Waals surface area contributed by atoms with Crippen LogP contribution in [0.15, 0.2) is 35.2 Å². The number of sulfonamides is 1. The summed E-state index contributed by atoms with van der Waals surface area (Å²) < 4.78 is 38.9. The van der Waals surface area contributed by atoms with Crippen molar-refractivity contribution in [3.63, 3.8) is 0 Å². The van der Waals surface area contributed by atoms with Crippen LogP contribution in [0.3, 0.4) is 0 Å². The van der Waals surface area contributed by atoms with Gasteiger partial charge in [0.1, 0.15) is 18.1 Å². The molecule has 26 heavy (non-hydrogen) atoms. The van der Waals surface area contributed by atoms with Crippen molar-refractivity contribution in [3.8, 4) is 11.5 Å². The molecule has 2 aliphatic heterocycles. The van der Waals surface area contributed by atoms with Crippen LogP contribution in [-0.4, -0.2) is 39.3 Å². The van der Waals surface area contributed by atoms with Crippen LogP contribution in [0.25, 0.3) is 0 Å². The third-order valence-electron chi connectivity index (χ3n) is 4.22. The van der Waals surface area contributed by atoms with Gasteiger partial charge in [0.15, 0.2) is 17.3 Å². The Labute approximate surface area is 163 Å². The van der Waals surface area contributed by atoms with Gasteiger partial charge >= 0.3 is 0 Å². The van der Waals surface area contributed by atoms with Crippen molar-refractivity contribution in [2.24, 2.45) is 0 Å². The molecule has 4 rings (SSSR count). The minimum atomic E-state index is -3.98. The van der Waals surface area contributed by atoms with E-state index in [4.69, 9.17) is 21.1 Å². The summed E-state index contributed by atoms with van der Waals surface area (Å²) in [7, 11) is -3.98. The predicted molar refractivity (Wildman–Crippen MR) is 101 cm³/mol. The number of carbonyl (C=O) groups is 1. The Morgan fingerprint density at radius 3 is 2.46 bits per heavy atom. The molecule has 0 spiro atoms. The third-order valence-corrected chi connectivity index (χ3v) is 6.66. The second-order valence-electron chi connectivity index (χ2n) is 5.75. The highest BCUT2D eigenvalue weighted by Gasteiger charge is 2.37. The van der Waals surface area contributed by atoms with Crippen molar-refractivity contribution in [1.29, 1.82) is 0 Å². The number of hydrogen-bond acceptors (Lipinski definition) is 5. The lowest BCUT2D eigenvalue weighted by molar-refractivity contribution is 0.103. The van der Waals surface area contributed by atoms with Crippen LogP contribution in [0.4, 0.5) is 5.69 Å². The fourth-order valence-electron chi connectivity index (χ4n) is 3.07. The van der Waals surface area contributed by atoms with E-state index in [1.54, 1.807) is 12.1 Å². The molecular weight excluding hydrogens is 446 g/mol. The number of ketones is 1. The van der Waals surface area contributed by atoms with Crippen LogP contribution >= 0.6 is 27.5 Å². The second-order valence-corrected chi connectivity index (χ2v) is 8.81. The van der Waals surface area contributed by atoms with Crippen LogP contribution in [0.2, 0.25) is 5.02 Å². The Morgan fingerprint density at radius 2 is 1.77 bits per heavy atom. The van der Waals surface area contributed by atoms with E-state index in [0.29, 0.717) is 30.0 Å².